The molecule has 0 aliphatic rings. The van der Waals surface area contributed by atoms with Crippen LogP contribution in [0.3, 0.4) is 0 Å². The Kier molecular flexibility index (Phi) is 12.9. The molecule has 1 unspecified atom stereocenters. The lowest BCUT2D eigenvalue weighted by molar-refractivity contribution is 0.302. The normalized spacial score (nSPS) is 12.6. The van der Waals surface area contributed by atoms with Gasteiger partial charge in [-0.3, -0.25) is 0 Å². The van der Waals surface area contributed by atoms with Crippen molar-refractivity contribution in [3.63, 3.8) is 0 Å². The van der Waals surface area contributed by atoms with Crippen molar-refractivity contribution in [3.05, 3.63) is 0 Å². The molecule has 0 aromatic rings. The van der Waals surface area contributed by atoms with Gasteiger partial charge in [0.25, 0.3) is 0 Å². The summed E-state index contributed by atoms with van der Waals surface area (Å²) < 4.78 is 0. The van der Waals surface area contributed by atoms with E-state index < -0.39 is 0 Å². The molecule has 1 heteroatoms. The molecule has 0 saturated carbocycles. The number of rotatable bonds is 6. The zero-order chi connectivity index (χ0) is 11.6. The lowest BCUT2D eigenvalue weighted by atomic mass is 9.96. The topological polar surface area (TPSA) is 3.24 Å². The Morgan fingerprint density at radius 3 is 1.93 bits per heavy atom. The first-order chi connectivity index (χ1) is 6.56. The van der Waals surface area contributed by atoms with Gasteiger partial charge in [-0.05, 0) is 44.8 Å². The molecule has 0 radical (unpaired) electrons. The number of hydrogen-bond donors (Lipinski definition) is 0. The minimum Gasteiger partial charge on any atom is -0.307 e. The lowest BCUT2D eigenvalue weighted by Crippen LogP contribution is -2.20. The Hall–Kier alpha value is -0.0400. The first kappa shape index (κ1) is 16.4. The van der Waals surface area contributed by atoms with Crippen LogP contribution in [0.1, 0.15) is 54.4 Å². The Morgan fingerprint density at radius 1 is 1.07 bits per heavy atom. The molecule has 0 heterocycles. The molecule has 0 aromatic heterocycles. The zero-order valence-corrected chi connectivity index (χ0v) is 11.4. The van der Waals surface area contributed by atoms with Crippen LogP contribution >= 0.6 is 0 Å². The van der Waals surface area contributed by atoms with Crippen LogP contribution in [0.4, 0.5) is 0 Å². The van der Waals surface area contributed by atoms with Gasteiger partial charge in [-0.25, -0.2) is 0 Å². The van der Waals surface area contributed by atoms with Crippen LogP contribution in [0, 0.1) is 11.8 Å². The molecule has 1 nitrogen and oxygen atoms in total. The molecule has 0 rings (SSSR count). The van der Waals surface area contributed by atoms with Crippen molar-refractivity contribution in [2.75, 3.05) is 20.1 Å². The molecular weight excluding hydrogens is 170 g/mol. The van der Waals surface area contributed by atoms with Crippen molar-refractivity contribution in [2.24, 2.45) is 11.8 Å². The average molecular weight is 201 g/mol. The third kappa shape index (κ3) is 12.0. The summed E-state index contributed by atoms with van der Waals surface area (Å²) in [6, 6.07) is 0. The zero-order valence-electron chi connectivity index (χ0n) is 11.4. The van der Waals surface area contributed by atoms with Crippen LogP contribution in [0.25, 0.3) is 0 Å². The van der Waals surface area contributed by atoms with E-state index in [0.29, 0.717) is 0 Å². The van der Waals surface area contributed by atoms with Crippen molar-refractivity contribution >= 4 is 0 Å². The summed E-state index contributed by atoms with van der Waals surface area (Å²) in [5.74, 6) is 1.74. The SMILES string of the molecule is CC.CCN(C)CCC(C)CC(C)C. The molecule has 0 aliphatic heterocycles. The molecule has 0 bridgehead atoms. The Labute approximate surface area is 91.9 Å². The molecule has 0 saturated heterocycles. The third-order valence-corrected chi connectivity index (χ3v) is 2.42. The molecule has 0 N–H and O–H groups in total. The molecule has 0 spiro atoms. The molecular formula is C13H31N. The highest BCUT2D eigenvalue weighted by Gasteiger charge is 2.05. The summed E-state index contributed by atoms with van der Waals surface area (Å²) in [4.78, 5) is 2.39. The van der Waals surface area contributed by atoms with Gasteiger partial charge in [0.15, 0.2) is 0 Å². The van der Waals surface area contributed by atoms with E-state index in [1.165, 1.54) is 25.9 Å². The molecule has 1 atom stereocenters. The Bertz CT molecular complexity index is 99.4. The van der Waals surface area contributed by atoms with E-state index in [1.807, 2.05) is 13.8 Å². The van der Waals surface area contributed by atoms with Gasteiger partial charge in [0, 0.05) is 0 Å². The standard InChI is InChI=1S/C11H25N.C2H6/c1-6-12(5)8-7-11(4)9-10(2)3;1-2/h10-11H,6-9H2,1-5H3;1-2H3. The minimum absolute atomic E-state index is 0.854. The molecule has 0 aliphatic carbocycles. The fraction of sp³-hybridized carbons (Fsp3) is 1.00. The van der Waals surface area contributed by atoms with Crippen molar-refractivity contribution in [3.8, 4) is 0 Å². The molecule has 88 valence electrons. The fourth-order valence-electron chi connectivity index (χ4n) is 1.52. The van der Waals surface area contributed by atoms with Crippen molar-refractivity contribution in [2.45, 2.75) is 54.4 Å². The van der Waals surface area contributed by atoms with Gasteiger partial charge in [0.05, 0.1) is 0 Å². The third-order valence-electron chi connectivity index (χ3n) is 2.42. The largest absolute Gasteiger partial charge is 0.307 e. The summed E-state index contributed by atoms with van der Waals surface area (Å²) in [5.41, 5.74) is 0. The van der Waals surface area contributed by atoms with Crippen LogP contribution in [0.2, 0.25) is 0 Å². The maximum Gasteiger partial charge on any atom is -0.00194 e. The summed E-state index contributed by atoms with van der Waals surface area (Å²) in [5, 5.41) is 0. The van der Waals surface area contributed by atoms with Crippen LogP contribution < -0.4 is 0 Å². The summed E-state index contributed by atoms with van der Waals surface area (Å²) >= 11 is 0. The molecule has 0 amide bonds. The Balaban J connectivity index is 0. The lowest BCUT2D eigenvalue weighted by Gasteiger charge is -2.18. The van der Waals surface area contributed by atoms with Gasteiger partial charge in [-0.15, -0.1) is 0 Å². The van der Waals surface area contributed by atoms with Gasteiger partial charge >= 0.3 is 0 Å². The van der Waals surface area contributed by atoms with Crippen LogP contribution in [0.15, 0.2) is 0 Å². The van der Waals surface area contributed by atoms with E-state index in [4.69, 9.17) is 0 Å². The van der Waals surface area contributed by atoms with Gasteiger partial charge in [0.1, 0.15) is 0 Å². The number of nitrogens with zero attached hydrogens (tertiary/aromatic N) is 1. The molecule has 14 heavy (non-hydrogen) atoms. The maximum absolute atomic E-state index is 2.39. The van der Waals surface area contributed by atoms with E-state index in [0.717, 1.165) is 11.8 Å². The monoisotopic (exact) mass is 201 g/mol. The molecule has 0 fully saturated rings. The van der Waals surface area contributed by atoms with Gasteiger partial charge in [0.2, 0.25) is 0 Å². The second-order valence-electron chi connectivity index (χ2n) is 4.42. The average Bonchev–Trinajstić information content (AvgIpc) is 2.16. The van der Waals surface area contributed by atoms with E-state index in [9.17, 15) is 0 Å². The smallest absolute Gasteiger partial charge is 0.00194 e. The second-order valence-corrected chi connectivity index (χ2v) is 4.42. The van der Waals surface area contributed by atoms with Crippen LogP contribution in [-0.4, -0.2) is 25.0 Å². The summed E-state index contributed by atoms with van der Waals surface area (Å²) in [7, 11) is 2.20. The van der Waals surface area contributed by atoms with Crippen molar-refractivity contribution < 1.29 is 0 Å². The maximum atomic E-state index is 2.39. The first-order valence-electron chi connectivity index (χ1n) is 6.24. The van der Waals surface area contributed by atoms with E-state index in [-0.39, 0.29) is 0 Å². The van der Waals surface area contributed by atoms with E-state index >= 15 is 0 Å². The summed E-state index contributed by atoms with van der Waals surface area (Å²) in [6.07, 6.45) is 2.72. The highest BCUT2D eigenvalue weighted by molar-refractivity contribution is 4.58. The van der Waals surface area contributed by atoms with E-state index in [1.54, 1.807) is 0 Å². The predicted octanol–water partition coefficient (Wildman–Crippen LogP) is 4.04. The second kappa shape index (κ2) is 11.0. The van der Waals surface area contributed by atoms with Crippen molar-refractivity contribution in [1.82, 2.24) is 4.90 Å². The highest BCUT2D eigenvalue weighted by Crippen LogP contribution is 2.14. The van der Waals surface area contributed by atoms with Gasteiger partial charge < -0.3 is 4.90 Å². The van der Waals surface area contributed by atoms with E-state index in [2.05, 4.69) is 39.6 Å². The fourth-order valence-corrected chi connectivity index (χ4v) is 1.52. The first-order valence-corrected chi connectivity index (χ1v) is 6.24. The Morgan fingerprint density at radius 2 is 1.57 bits per heavy atom. The van der Waals surface area contributed by atoms with Gasteiger partial charge in [-0.1, -0.05) is 41.5 Å². The molecule has 0 aromatic carbocycles. The highest BCUT2D eigenvalue weighted by atomic mass is 15.1. The van der Waals surface area contributed by atoms with Crippen LogP contribution in [-0.2, 0) is 0 Å². The number of hydrogen-bond acceptors (Lipinski definition) is 1. The van der Waals surface area contributed by atoms with Crippen LogP contribution in [0.5, 0.6) is 0 Å². The quantitative estimate of drug-likeness (QED) is 0.627. The van der Waals surface area contributed by atoms with Gasteiger partial charge in [-0.2, -0.15) is 0 Å². The van der Waals surface area contributed by atoms with Crippen molar-refractivity contribution in [1.29, 1.82) is 0 Å². The minimum atomic E-state index is 0.854. The predicted molar refractivity (Wildman–Crippen MR) is 67.8 cm³/mol. The summed E-state index contributed by atoms with van der Waals surface area (Å²) in [6.45, 7) is 15.6.